The maximum absolute atomic E-state index is 13.3. The maximum atomic E-state index is 13.3. The molecule has 1 atom stereocenters. The van der Waals surface area contributed by atoms with Crippen LogP contribution in [0.5, 0.6) is 0 Å². The predicted molar refractivity (Wildman–Crippen MR) is 71.3 cm³/mol. The van der Waals surface area contributed by atoms with Crippen molar-refractivity contribution in [2.24, 2.45) is 5.92 Å². The van der Waals surface area contributed by atoms with E-state index in [1.807, 2.05) is 0 Å². The number of benzene rings is 1. The van der Waals surface area contributed by atoms with Crippen LogP contribution in [0.2, 0.25) is 0 Å². The zero-order valence-electron chi connectivity index (χ0n) is 11.6. The van der Waals surface area contributed by atoms with Gasteiger partial charge in [-0.25, -0.2) is 4.39 Å². The van der Waals surface area contributed by atoms with Crippen LogP contribution >= 0.6 is 0 Å². The standard InChI is InChI=1S/C15H18F4N2/c16-11-3-4-12(13(9-11)15(17,18)19)14(10-1-2-10)21-7-5-20-6-8-21/h3-4,9-10,14,20H,1-2,5-8H2/t14-/m1/s1. The average molecular weight is 302 g/mol. The normalized spacial score (nSPS) is 22.3. The fraction of sp³-hybridized carbons (Fsp3) is 0.600. The molecule has 1 aliphatic carbocycles. The van der Waals surface area contributed by atoms with E-state index in [2.05, 4.69) is 10.2 Å². The van der Waals surface area contributed by atoms with E-state index >= 15 is 0 Å². The Hall–Kier alpha value is -1.14. The van der Waals surface area contributed by atoms with E-state index < -0.39 is 17.6 Å². The lowest BCUT2D eigenvalue weighted by molar-refractivity contribution is -0.139. The number of hydrogen-bond acceptors (Lipinski definition) is 2. The summed E-state index contributed by atoms with van der Waals surface area (Å²) >= 11 is 0. The molecule has 1 saturated carbocycles. The molecule has 2 fully saturated rings. The molecule has 0 bridgehead atoms. The molecular formula is C15H18F4N2. The third-order valence-electron chi connectivity index (χ3n) is 4.25. The van der Waals surface area contributed by atoms with E-state index in [-0.39, 0.29) is 17.5 Å². The molecule has 0 aromatic heterocycles. The predicted octanol–water partition coefficient (Wildman–Crippen LogP) is 3.20. The van der Waals surface area contributed by atoms with Crippen molar-refractivity contribution >= 4 is 0 Å². The van der Waals surface area contributed by atoms with Crippen molar-refractivity contribution in [1.82, 2.24) is 10.2 Å². The molecule has 116 valence electrons. The lowest BCUT2D eigenvalue weighted by Gasteiger charge is -2.36. The summed E-state index contributed by atoms with van der Waals surface area (Å²) < 4.78 is 53.0. The summed E-state index contributed by atoms with van der Waals surface area (Å²) in [6, 6.07) is 2.85. The minimum Gasteiger partial charge on any atom is -0.314 e. The second-order valence-electron chi connectivity index (χ2n) is 5.80. The van der Waals surface area contributed by atoms with Gasteiger partial charge in [-0.2, -0.15) is 13.2 Å². The molecule has 3 rings (SSSR count). The first-order valence-electron chi connectivity index (χ1n) is 7.28. The van der Waals surface area contributed by atoms with Crippen LogP contribution in [-0.4, -0.2) is 31.1 Å². The zero-order chi connectivity index (χ0) is 15.0. The number of halogens is 4. The summed E-state index contributed by atoms with van der Waals surface area (Å²) in [5.41, 5.74) is -0.591. The highest BCUT2D eigenvalue weighted by Gasteiger charge is 2.42. The highest BCUT2D eigenvalue weighted by molar-refractivity contribution is 5.34. The van der Waals surface area contributed by atoms with Gasteiger partial charge in [0, 0.05) is 32.2 Å². The Balaban J connectivity index is 1.99. The Bertz CT molecular complexity index is 505. The molecule has 6 heteroatoms. The van der Waals surface area contributed by atoms with Crippen molar-refractivity contribution in [1.29, 1.82) is 0 Å². The monoisotopic (exact) mass is 302 g/mol. The topological polar surface area (TPSA) is 15.3 Å². The average Bonchev–Trinajstić information content (AvgIpc) is 3.25. The summed E-state index contributed by atoms with van der Waals surface area (Å²) in [6.07, 6.45) is -2.62. The lowest BCUT2D eigenvalue weighted by Crippen LogP contribution is -2.46. The Labute approximate surface area is 121 Å². The fourth-order valence-electron chi connectivity index (χ4n) is 3.15. The number of alkyl halides is 3. The van der Waals surface area contributed by atoms with Crippen LogP contribution < -0.4 is 5.32 Å². The van der Waals surface area contributed by atoms with Crippen molar-refractivity contribution in [2.75, 3.05) is 26.2 Å². The van der Waals surface area contributed by atoms with Gasteiger partial charge in [0.05, 0.1) is 5.56 Å². The van der Waals surface area contributed by atoms with E-state index in [0.29, 0.717) is 6.07 Å². The smallest absolute Gasteiger partial charge is 0.314 e. The third-order valence-corrected chi connectivity index (χ3v) is 4.25. The van der Waals surface area contributed by atoms with Crippen molar-refractivity contribution in [2.45, 2.75) is 25.1 Å². The van der Waals surface area contributed by atoms with E-state index in [9.17, 15) is 17.6 Å². The highest BCUT2D eigenvalue weighted by Crippen LogP contribution is 2.48. The largest absolute Gasteiger partial charge is 0.416 e. The van der Waals surface area contributed by atoms with Gasteiger partial charge in [-0.3, -0.25) is 4.90 Å². The molecule has 1 aliphatic heterocycles. The zero-order valence-corrected chi connectivity index (χ0v) is 11.6. The Morgan fingerprint density at radius 3 is 2.38 bits per heavy atom. The van der Waals surface area contributed by atoms with Gasteiger partial charge < -0.3 is 5.32 Å². The van der Waals surface area contributed by atoms with Crippen LogP contribution in [0, 0.1) is 11.7 Å². The Morgan fingerprint density at radius 1 is 1.14 bits per heavy atom. The summed E-state index contributed by atoms with van der Waals surface area (Å²) in [6.45, 7) is 3.03. The van der Waals surface area contributed by atoms with E-state index in [4.69, 9.17) is 0 Å². The van der Waals surface area contributed by atoms with E-state index in [0.717, 1.165) is 45.1 Å². The molecule has 0 spiro atoms. The van der Waals surface area contributed by atoms with Gasteiger partial charge in [0.1, 0.15) is 5.82 Å². The second kappa shape index (κ2) is 5.57. The molecule has 1 N–H and O–H groups in total. The van der Waals surface area contributed by atoms with Crippen LogP contribution in [-0.2, 0) is 6.18 Å². The van der Waals surface area contributed by atoms with Crippen LogP contribution in [0.1, 0.15) is 30.0 Å². The van der Waals surface area contributed by atoms with Gasteiger partial charge in [-0.05, 0) is 36.5 Å². The van der Waals surface area contributed by atoms with Crippen molar-refractivity contribution in [3.63, 3.8) is 0 Å². The molecule has 2 aliphatic rings. The third kappa shape index (κ3) is 3.21. The van der Waals surface area contributed by atoms with Gasteiger partial charge in [-0.1, -0.05) is 6.07 Å². The van der Waals surface area contributed by atoms with E-state index in [1.54, 1.807) is 0 Å². The number of rotatable bonds is 3. The van der Waals surface area contributed by atoms with Gasteiger partial charge in [0.25, 0.3) is 0 Å². The first kappa shape index (κ1) is 14.8. The number of hydrogen-bond donors (Lipinski definition) is 1. The molecule has 0 unspecified atom stereocenters. The second-order valence-corrected chi connectivity index (χ2v) is 5.80. The van der Waals surface area contributed by atoms with Crippen LogP contribution in [0.3, 0.4) is 0 Å². The Kier molecular flexibility index (Phi) is 3.92. The summed E-state index contributed by atoms with van der Waals surface area (Å²) in [7, 11) is 0. The maximum Gasteiger partial charge on any atom is 0.416 e. The SMILES string of the molecule is Fc1ccc([C@@H](C2CC2)N2CCNCC2)c(C(F)(F)F)c1. The fourth-order valence-corrected chi connectivity index (χ4v) is 3.15. The summed E-state index contributed by atoms with van der Waals surface area (Å²) in [5.74, 6) is -0.574. The molecule has 0 amide bonds. The summed E-state index contributed by atoms with van der Waals surface area (Å²) in [5, 5.41) is 3.21. The molecule has 2 nitrogen and oxygen atoms in total. The van der Waals surface area contributed by atoms with Gasteiger partial charge in [0.2, 0.25) is 0 Å². The first-order chi connectivity index (χ1) is 9.97. The number of nitrogens with one attached hydrogen (secondary N) is 1. The molecule has 1 aromatic carbocycles. The molecule has 1 heterocycles. The van der Waals surface area contributed by atoms with E-state index in [1.165, 1.54) is 6.07 Å². The molecule has 1 saturated heterocycles. The lowest BCUT2D eigenvalue weighted by atomic mass is 9.94. The minimum atomic E-state index is -4.52. The minimum absolute atomic E-state index is 0.230. The quantitative estimate of drug-likeness (QED) is 0.863. The van der Waals surface area contributed by atoms with Gasteiger partial charge in [-0.15, -0.1) is 0 Å². The van der Waals surface area contributed by atoms with Crippen molar-refractivity contribution in [3.8, 4) is 0 Å². The van der Waals surface area contributed by atoms with Crippen molar-refractivity contribution in [3.05, 3.63) is 35.1 Å². The highest BCUT2D eigenvalue weighted by atomic mass is 19.4. The van der Waals surface area contributed by atoms with Gasteiger partial charge in [0.15, 0.2) is 0 Å². The van der Waals surface area contributed by atoms with Crippen molar-refractivity contribution < 1.29 is 17.6 Å². The Morgan fingerprint density at radius 2 is 1.81 bits per heavy atom. The van der Waals surface area contributed by atoms with Crippen LogP contribution in [0.25, 0.3) is 0 Å². The van der Waals surface area contributed by atoms with Gasteiger partial charge >= 0.3 is 6.18 Å². The molecule has 21 heavy (non-hydrogen) atoms. The molecular weight excluding hydrogens is 284 g/mol. The van der Waals surface area contributed by atoms with Crippen LogP contribution in [0.4, 0.5) is 17.6 Å². The van der Waals surface area contributed by atoms with Crippen LogP contribution in [0.15, 0.2) is 18.2 Å². The molecule has 1 aromatic rings. The molecule has 0 radical (unpaired) electrons. The number of piperazine rings is 1. The summed E-state index contributed by atoms with van der Waals surface area (Å²) in [4.78, 5) is 2.11. The first-order valence-corrected chi connectivity index (χ1v) is 7.28. The number of nitrogens with zero attached hydrogens (tertiary/aromatic N) is 1.